The lowest BCUT2D eigenvalue weighted by atomic mass is 9.74. The third-order valence-electron chi connectivity index (χ3n) is 5.12. The van der Waals surface area contributed by atoms with Crippen molar-refractivity contribution in [2.75, 3.05) is 0 Å². The van der Waals surface area contributed by atoms with Crippen molar-refractivity contribution in [2.45, 2.75) is 57.5 Å². The Morgan fingerprint density at radius 2 is 2.13 bits per heavy atom. The van der Waals surface area contributed by atoms with E-state index in [2.05, 4.69) is 5.16 Å². The Kier molecular flexibility index (Phi) is 3.92. The quantitative estimate of drug-likeness (QED) is 0.679. The van der Waals surface area contributed by atoms with Gasteiger partial charge >= 0.3 is 0 Å². The Labute approximate surface area is 134 Å². The van der Waals surface area contributed by atoms with Gasteiger partial charge in [-0.15, -0.1) is 0 Å². The van der Waals surface area contributed by atoms with Gasteiger partial charge in [0, 0.05) is 5.56 Å². The molecule has 0 amide bonds. The Morgan fingerprint density at radius 3 is 2.78 bits per heavy atom. The van der Waals surface area contributed by atoms with Gasteiger partial charge in [-0.25, -0.2) is 8.78 Å². The van der Waals surface area contributed by atoms with Gasteiger partial charge in [0.25, 0.3) is 0 Å². The van der Waals surface area contributed by atoms with Gasteiger partial charge in [-0.3, -0.25) is 0 Å². The maximum absolute atomic E-state index is 13.8. The van der Waals surface area contributed by atoms with E-state index in [1.807, 2.05) is 20.8 Å². The van der Waals surface area contributed by atoms with Crippen LogP contribution in [0.5, 0.6) is 0 Å². The van der Waals surface area contributed by atoms with Crippen molar-refractivity contribution >= 4 is 5.71 Å². The summed E-state index contributed by atoms with van der Waals surface area (Å²) in [6.07, 6.45) is 0.946. The third kappa shape index (κ3) is 2.35. The second-order valence-electron chi connectivity index (χ2n) is 6.85. The van der Waals surface area contributed by atoms with Crippen LogP contribution in [0.15, 0.2) is 23.4 Å². The average molecular weight is 325 g/mol. The van der Waals surface area contributed by atoms with E-state index >= 15 is 0 Å². The maximum Gasteiger partial charge on any atom is 0.164 e. The number of fused-ring (bicyclic) bond motifs is 2. The molecule has 2 saturated heterocycles. The van der Waals surface area contributed by atoms with Crippen LogP contribution in [0.3, 0.4) is 0 Å². The van der Waals surface area contributed by atoms with Crippen LogP contribution in [0.2, 0.25) is 0 Å². The van der Waals surface area contributed by atoms with Crippen molar-refractivity contribution in [3.63, 3.8) is 0 Å². The molecule has 1 aromatic carbocycles. The van der Waals surface area contributed by atoms with E-state index in [9.17, 15) is 14.0 Å². The van der Waals surface area contributed by atoms with E-state index in [0.717, 1.165) is 18.9 Å². The highest BCUT2D eigenvalue weighted by atomic mass is 19.2. The van der Waals surface area contributed by atoms with Gasteiger partial charge in [-0.05, 0) is 31.7 Å². The van der Waals surface area contributed by atoms with Gasteiger partial charge in [0.05, 0.1) is 12.2 Å². The fourth-order valence-corrected chi connectivity index (χ4v) is 3.76. The van der Waals surface area contributed by atoms with E-state index in [4.69, 9.17) is 9.47 Å². The first-order valence-corrected chi connectivity index (χ1v) is 7.81. The van der Waals surface area contributed by atoms with E-state index in [1.54, 1.807) is 0 Å². The molecule has 2 aliphatic rings. The fraction of sp³-hybridized carbons (Fsp3) is 0.588. The number of hydrogen-bond donors (Lipinski definition) is 1. The van der Waals surface area contributed by atoms with E-state index in [-0.39, 0.29) is 18.1 Å². The molecule has 0 spiro atoms. The van der Waals surface area contributed by atoms with Crippen LogP contribution < -0.4 is 0 Å². The smallest absolute Gasteiger partial charge is 0.164 e. The molecule has 0 aliphatic carbocycles. The van der Waals surface area contributed by atoms with Crippen molar-refractivity contribution in [3.8, 4) is 0 Å². The number of ether oxygens (including phenoxy) is 2. The zero-order valence-corrected chi connectivity index (χ0v) is 13.5. The van der Waals surface area contributed by atoms with Crippen LogP contribution >= 0.6 is 0 Å². The third-order valence-corrected chi connectivity index (χ3v) is 5.12. The van der Waals surface area contributed by atoms with Crippen molar-refractivity contribution in [1.29, 1.82) is 0 Å². The van der Waals surface area contributed by atoms with Crippen LogP contribution in [0.1, 0.15) is 39.2 Å². The van der Waals surface area contributed by atoms with E-state index < -0.39 is 28.9 Å². The highest BCUT2D eigenvalue weighted by molar-refractivity contribution is 6.00. The van der Waals surface area contributed by atoms with Gasteiger partial charge in [0.1, 0.15) is 17.4 Å². The summed E-state index contributed by atoms with van der Waals surface area (Å²) in [6.45, 7) is 5.80. The lowest BCUT2D eigenvalue weighted by Gasteiger charge is -2.32. The summed E-state index contributed by atoms with van der Waals surface area (Å²) >= 11 is 0. The second kappa shape index (κ2) is 5.53. The molecule has 2 bridgehead atoms. The zero-order chi connectivity index (χ0) is 16.8. The molecular weight excluding hydrogens is 304 g/mol. The predicted molar refractivity (Wildman–Crippen MR) is 80.4 cm³/mol. The lowest BCUT2D eigenvalue weighted by Crippen LogP contribution is -2.48. The molecule has 2 fully saturated rings. The van der Waals surface area contributed by atoms with E-state index in [0.29, 0.717) is 5.71 Å². The lowest BCUT2D eigenvalue weighted by molar-refractivity contribution is -0.0962. The van der Waals surface area contributed by atoms with Gasteiger partial charge in [-0.2, -0.15) is 0 Å². The molecule has 0 unspecified atom stereocenters. The van der Waals surface area contributed by atoms with Crippen molar-refractivity contribution in [2.24, 2.45) is 11.1 Å². The molecule has 0 saturated carbocycles. The van der Waals surface area contributed by atoms with Crippen molar-refractivity contribution in [3.05, 3.63) is 35.4 Å². The van der Waals surface area contributed by atoms with Crippen molar-refractivity contribution in [1.82, 2.24) is 0 Å². The minimum Gasteiger partial charge on any atom is -0.411 e. The first-order valence-electron chi connectivity index (χ1n) is 7.81. The number of nitrogens with zero attached hydrogens (tertiary/aromatic N) is 1. The Bertz CT molecular complexity index is 649. The molecule has 2 aliphatic heterocycles. The highest BCUT2D eigenvalue weighted by Gasteiger charge is 2.65. The number of rotatable bonds is 4. The van der Waals surface area contributed by atoms with Gasteiger partial charge in [0.15, 0.2) is 11.6 Å². The Balaban J connectivity index is 1.84. The maximum atomic E-state index is 13.8. The molecule has 23 heavy (non-hydrogen) atoms. The SMILES string of the molecule is CC(C)[C@]12CC[C@](C)(O1)[C@H](OCc1cccc(F)c1F)C2=NO. The van der Waals surface area contributed by atoms with Crippen molar-refractivity contribution < 1.29 is 23.5 Å². The van der Waals surface area contributed by atoms with Crippen LogP contribution in [0.4, 0.5) is 8.78 Å². The molecule has 126 valence electrons. The first-order chi connectivity index (χ1) is 10.8. The highest BCUT2D eigenvalue weighted by Crippen LogP contribution is 2.53. The number of halogens is 2. The topological polar surface area (TPSA) is 51.0 Å². The van der Waals surface area contributed by atoms with Crippen LogP contribution in [0.25, 0.3) is 0 Å². The summed E-state index contributed by atoms with van der Waals surface area (Å²) in [5.74, 6) is -1.70. The number of benzene rings is 1. The molecular formula is C17H21F2NO3. The van der Waals surface area contributed by atoms with Gasteiger partial charge in [0.2, 0.25) is 0 Å². The largest absolute Gasteiger partial charge is 0.411 e. The fourth-order valence-electron chi connectivity index (χ4n) is 3.76. The van der Waals surface area contributed by atoms with Gasteiger partial charge < -0.3 is 14.7 Å². The number of oxime groups is 1. The first kappa shape index (κ1) is 16.3. The molecule has 3 rings (SSSR count). The van der Waals surface area contributed by atoms with Crippen LogP contribution in [0, 0.1) is 17.6 Å². The molecule has 1 aromatic rings. The zero-order valence-electron chi connectivity index (χ0n) is 13.5. The summed E-state index contributed by atoms with van der Waals surface area (Å²) in [7, 11) is 0. The molecule has 1 N–H and O–H groups in total. The van der Waals surface area contributed by atoms with Gasteiger partial charge in [-0.1, -0.05) is 31.1 Å². The summed E-state index contributed by atoms with van der Waals surface area (Å²) < 4.78 is 39.1. The van der Waals surface area contributed by atoms with Crippen LogP contribution in [-0.2, 0) is 16.1 Å². The molecule has 3 atom stereocenters. The average Bonchev–Trinajstić information content (AvgIpc) is 2.98. The summed E-state index contributed by atoms with van der Waals surface area (Å²) in [6, 6.07) is 3.98. The molecule has 2 heterocycles. The predicted octanol–water partition coefficient (Wildman–Crippen LogP) is 3.66. The molecule has 0 radical (unpaired) electrons. The Morgan fingerprint density at radius 1 is 1.39 bits per heavy atom. The number of hydrogen-bond acceptors (Lipinski definition) is 4. The molecule has 4 nitrogen and oxygen atoms in total. The molecule has 6 heteroatoms. The standard InChI is InChI=1S/C17H21F2NO3/c1-10(2)17-8-7-16(3,23-17)15(14(17)20-21)22-9-11-5-4-6-12(18)13(11)19/h4-6,10,15,21H,7-9H2,1-3H3/t15-,16+,17+/m1/s1. The monoisotopic (exact) mass is 325 g/mol. The minimum absolute atomic E-state index is 0.111. The summed E-state index contributed by atoms with van der Waals surface area (Å²) in [5, 5.41) is 12.9. The molecule has 0 aromatic heterocycles. The second-order valence-corrected chi connectivity index (χ2v) is 6.85. The summed E-state index contributed by atoms with van der Waals surface area (Å²) in [5.41, 5.74) is -0.685. The van der Waals surface area contributed by atoms with E-state index in [1.165, 1.54) is 12.1 Å². The minimum atomic E-state index is -0.914. The normalized spacial score (nSPS) is 34.7. The Hall–Kier alpha value is -1.53. The summed E-state index contributed by atoms with van der Waals surface area (Å²) in [4.78, 5) is 0. The van der Waals surface area contributed by atoms with Crippen LogP contribution in [-0.4, -0.2) is 28.2 Å².